The molecule has 4 nitrogen and oxygen atoms in total. The van der Waals surface area contributed by atoms with Gasteiger partial charge in [-0.05, 0) is 63.0 Å². The van der Waals surface area contributed by atoms with E-state index in [1.165, 1.54) is 21.9 Å². The summed E-state index contributed by atoms with van der Waals surface area (Å²) in [5, 5.41) is 17.6. The van der Waals surface area contributed by atoms with E-state index >= 15 is 0 Å². The normalized spacial score (nSPS) is 11.2. The number of hydrogen-bond donors (Lipinski definition) is 1. The molecule has 6 heteroatoms. The Kier molecular flexibility index (Phi) is 4.19. The Morgan fingerprint density at radius 3 is 2.43 bits per heavy atom. The second-order valence-electron chi connectivity index (χ2n) is 6.59. The number of H-pyrrole nitrogens is 1. The van der Waals surface area contributed by atoms with E-state index in [0.29, 0.717) is 5.82 Å². The summed E-state index contributed by atoms with van der Waals surface area (Å²) in [4.78, 5) is 2.16. The molecule has 0 aliphatic rings. The molecule has 28 heavy (non-hydrogen) atoms. The number of halogens is 1. The molecule has 0 radical (unpaired) electrons. The summed E-state index contributed by atoms with van der Waals surface area (Å²) >= 11 is 7.78. The highest BCUT2D eigenvalue weighted by atomic mass is 35.5. The van der Waals surface area contributed by atoms with Crippen molar-refractivity contribution in [3.63, 3.8) is 0 Å². The molecule has 0 aliphatic heterocycles. The molecule has 1 N–H and O–H groups in total. The largest absolute Gasteiger partial charge is 0.238 e. The second kappa shape index (κ2) is 6.86. The number of aryl methyl sites for hydroxylation is 1. The maximum absolute atomic E-state index is 6.11. The number of benzene rings is 3. The zero-order valence-electron chi connectivity index (χ0n) is 15.0. The Hall–Kier alpha value is -3.02. The van der Waals surface area contributed by atoms with Gasteiger partial charge in [0.15, 0.2) is 5.82 Å². The van der Waals surface area contributed by atoms with Crippen molar-refractivity contribution in [2.45, 2.75) is 6.92 Å². The number of thiophene rings is 1. The van der Waals surface area contributed by atoms with Crippen molar-refractivity contribution in [3.05, 3.63) is 77.3 Å². The summed E-state index contributed by atoms with van der Waals surface area (Å²) in [6.07, 6.45) is 0. The number of fused-ring (bicyclic) bond motifs is 1. The topological polar surface area (TPSA) is 54.5 Å². The van der Waals surface area contributed by atoms with Crippen LogP contribution in [0.2, 0.25) is 5.02 Å². The van der Waals surface area contributed by atoms with Gasteiger partial charge < -0.3 is 0 Å². The van der Waals surface area contributed by atoms with E-state index in [9.17, 15) is 0 Å². The maximum Gasteiger partial charge on any atom is 0.189 e. The fourth-order valence-corrected chi connectivity index (χ4v) is 4.71. The summed E-state index contributed by atoms with van der Waals surface area (Å²) in [5.74, 6) is 0.669. The Morgan fingerprint density at radius 2 is 1.68 bits per heavy atom. The molecule has 3 aromatic carbocycles. The van der Waals surface area contributed by atoms with Gasteiger partial charge in [0.2, 0.25) is 0 Å². The summed E-state index contributed by atoms with van der Waals surface area (Å²) in [7, 11) is 0. The molecule has 5 aromatic rings. The molecular formula is C22H15ClN4S. The zero-order chi connectivity index (χ0) is 19.1. The third kappa shape index (κ3) is 2.89. The Labute approximate surface area is 170 Å². The van der Waals surface area contributed by atoms with Gasteiger partial charge in [0.1, 0.15) is 0 Å². The molecule has 136 valence electrons. The first kappa shape index (κ1) is 17.1. The van der Waals surface area contributed by atoms with Crippen LogP contribution in [0.4, 0.5) is 0 Å². The number of tetrazole rings is 1. The predicted octanol–water partition coefficient (Wildman–Crippen LogP) is 6.38. The number of nitrogens with one attached hydrogen (secondary N) is 1. The van der Waals surface area contributed by atoms with Gasteiger partial charge in [-0.3, -0.25) is 0 Å². The average molecular weight is 403 g/mol. The van der Waals surface area contributed by atoms with E-state index in [1.807, 2.05) is 12.1 Å². The highest BCUT2D eigenvalue weighted by molar-refractivity contribution is 7.19. The molecule has 0 amide bonds. The summed E-state index contributed by atoms with van der Waals surface area (Å²) in [6.45, 7) is 2.14. The summed E-state index contributed by atoms with van der Waals surface area (Å²) in [5.41, 5.74) is 4.74. The lowest BCUT2D eigenvalue weighted by molar-refractivity contribution is 0.881. The number of nitrogens with zero attached hydrogens (tertiary/aromatic N) is 3. The minimum atomic E-state index is 0.669. The van der Waals surface area contributed by atoms with Gasteiger partial charge in [-0.15, -0.1) is 16.4 Å². The van der Waals surface area contributed by atoms with Crippen LogP contribution in [0.25, 0.3) is 43.0 Å². The average Bonchev–Trinajstić information content (AvgIpc) is 3.39. The van der Waals surface area contributed by atoms with Gasteiger partial charge in [0, 0.05) is 15.5 Å². The molecule has 2 heterocycles. The maximum atomic E-state index is 6.11. The van der Waals surface area contributed by atoms with Gasteiger partial charge in [-0.25, -0.2) is 5.10 Å². The second-order valence-corrected chi connectivity index (χ2v) is 8.07. The lowest BCUT2D eigenvalue weighted by Gasteiger charge is -2.10. The molecule has 0 atom stereocenters. The number of aromatic nitrogens is 4. The monoisotopic (exact) mass is 402 g/mol. The Morgan fingerprint density at radius 1 is 0.893 bits per heavy atom. The quantitative estimate of drug-likeness (QED) is 0.381. The van der Waals surface area contributed by atoms with Crippen LogP contribution < -0.4 is 0 Å². The van der Waals surface area contributed by atoms with Crippen LogP contribution in [0.5, 0.6) is 0 Å². The van der Waals surface area contributed by atoms with E-state index in [4.69, 9.17) is 11.6 Å². The molecule has 0 bridgehead atoms. The fraction of sp³-hybridized carbons (Fsp3) is 0.0455. The van der Waals surface area contributed by atoms with Crippen LogP contribution in [0.1, 0.15) is 5.56 Å². The molecule has 0 fully saturated rings. The molecule has 0 saturated heterocycles. The van der Waals surface area contributed by atoms with Gasteiger partial charge in [0.05, 0.1) is 4.88 Å². The SMILES string of the molecule is Cc1ccc(-c2cc(-c3nnn[nH]3)sc2-c2ccc(Cl)cc2)c2ccccc12. The smallest absolute Gasteiger partial charge is 0.189 e. The van der Waals surface area contributed by atoms with E-state index in [0.717, 1.165) is 25.9 Å². The van der Waals surface area contributed by atoms with Gasteiger partial charge in [-0.1, -0.05) is 60.1 Å². The lowest BCUT2D eigenvalue weighted by Crippen LogP contribution is -1.85. The molecular weight excluding hydrogens is 388 g/mol. The van der Waals surface area contributed by atoms with Crippen molar-refractivity contribution in [2.75, 3.05) is 0 Å². The van der Waals surface area contributed by atoms with Crippen LogP contribution in [-0.4, -0.2) is 20.6 Å². The first-order chi connectivity index (χ1) is 13.7. The van der Waals surface area contributed by atoms with E-state index in [-0.39, 0.29) is 0 Å². The summed E-state index contributed by atoms with van der Waals surface area (Å²) < 4.78 is 0. The van der Waals surface area contributed by atoms with Crippen molar-refractivity contribution < 1.29 is 0 Å². The number of hydrogen-bond acceptors (Lipinski definition) is 4. The first-order valence-electron chi connectivity index (χ1n) is 8.83. The van der Waals surface area contributed by atoms with Crippen LogP contribution in [0.15, 0.2) is 66.7 Å². The zero-order valence-corrected chi connectivity index (χ0v) is 16.6. The van der Waals surface area contributed by atoms with Gasteiger partial charge in [-0.2, -0.15) is 0 Å². The van der Waals surface area contributed by atoms with Crippen LogP contribution in [0.3, 0.4) is 0 Å². The molecule has 5 rings (SSSR count). The molecule has 0 spiro atoms. The van der Waals surface area contributed by atoms with Gasteiger partial charge >= 0.3 is 0 Å². The van der Waals surface area contributed by atoms with Crippen LogP contribution >= 0.6 is 22.9 Å². The highest BCUT2D eigenvalue weighted by Gasteiger charge is 2.18. The Balaban J connectivity index is 1.79. The van der Waals surface area contributed by atoms with Crippen molar-refractivity contribution in [1.82, 2.24) is 20.6 Å². The molecule has 0 saturated carbocycles. The fourth-order valence-electron chi connectivity index (χ4n) is 3.47. The van der Waals surface area contributed by atoms with Crippen molar-refractivity contribution in [3.8, 4) is 32.3 Å². The van der Waals surface area contributed by atoms with E-state index in [2.05, 4.69) is 82.1 Å². The van der Waals surface area contributed by atoms with Crippen LogP contribution in [0, 0.1) is 6.92 Å². The third-order valence-corrected chi connectivity index (χ3v) is 6.29. The van der Waals surface area contributed by atoms with Crippen LogP contribution in [-0.2, 0) is 0 Å². The number of rotatable bonds is 3. The lowest BCUT2D eigenvalue weighted by atomic mass is 9.94. The highest BCUT2D eigenvalue weighted by Crippen LogP contribution is 2.44. The minimum absolute atomic E-state index is 0.669. The van der Waals surface area contributed by atoms with Crippen molar-refractivity contribution in [1.29, 1.82) is 0 Å². The third-order valence-electron chi connectivity index (χ3n) is 4.85. The predicted molar refractivity (Wildman–Crippen MR) is 116 cm³/mol. The standard InChI is InChI=1S/C22H15ClN4S/c1-13-6-11-18(17-5-3-2-4-16(13)17)19-12-20(22-24-26-27-25-22)28-21(19)14-7-9-15(23)10-8-14/h2-12H,1H3,(H,24,25,26,27). The number of aromatic amines is 1. The van der Waals surface area contributed by atoms with E-state index in [1.54, 1.807) is 11.3 Å². The van der Waals surface area contributed by atoms with E-state index < -0.39 is 0 Å². The Bertz CT molecular complexity index is 1270. The van der Waals surface area contributed by atoms with Gasteiger partial charge in [0.25, 0.3) is 0 Å². The molecule has 0 aliphatic carbocycles. The first-order valence-corrected chi connectivity index (χ1v) is 10.0. The minimum Gasteiger partial charge on any atom is -0.238 e. The van der Waals surface area contributed by atoms with Crippen molar-refractivity contribution in [2.24, 2.45) is 0 Å². The molecule has 2 aromatic heterocycles. The molecule has 0 unspecified atom stereocenters. The summed E-state index contributed by atoms with van der Waals surface area (Å²) in [6, 6.07) is 23.0. The van der Waals surface area contributed by atoms with Crippen molar-refractivity contribution >= 4 is 33.7 Å².